The summed E-state index contributed by atoms with van der Waals surface area (Å²) >= 11 is 10.6. The second-order valence-corrected chi connectivity index (χ2v) is 7.08. The Kier molecular flexibility index (Phi) is 4.78. The standard InChI is InChI=1S/C14H13BrClFN2OS/c15-10-3-11(16)12(17)4-13(10)20-6-9-7-21-14(19-9)5-18-8-1-2-8/h3-4,7-8,18H,1-2,5-6H2. The Labute approximate surface area is 139 Å². The lowest BCUT2D eigenvalue weighted by atomic mass is 10.3. The van der Waals surface area contributed by atoms with Gasteiger partial charge in [-0.05, 0) is 34.8 Å². The molecule has 0 unspecified atom stereocenters. The molecule has 0 amide bonds. The zero-order valence-corrected chi connectivity index (χ0v) is 14.2. The van der Waals surface area contributed by atoms with Crippen LogP contribution in [0.3, 0.4) is 0 Å². The molecule has 21 heavy (non-hydrogen) atoms. The van der Waals surface area contributed by atoms with Crippen molar-refractivity contribution in [1.29, 1.82) is 0 Å². The van der Waals surface area contributed by atoms with Crippen molar-refractivity contribution < 1.29 is 9.13 Å². The zero-order chi connectivity index (χ0) is 14.8. The lowest BCUT2D eigenvalue weighted by molar-refractivity contribution is 0.298. The molecule has 1 aliphatic rings. The highest BCUT2D eigenvalue weighted by Crippen LogP contribution is 2.31. The van der Waals surface area contributed by atoms with Crippen molar-refractivity contribution in [1.82, 2.24) is 10.3 Å². The molecule has 0 bridgehead atoms. The molecular formula is C14H13BrClFN2OS. The summed E-state index contributed by atoms with van der Waals surface area (Å²) in [7, 11) is 0. The van der Waals surface area contributed by atoms with Crippen molar-refractivity contribution in [2.75, 3.05) is 0 Å². The highest BCUT2D eigenvalue weighted by Gasteiger charge is 2.20. The van der Waals surface area contributed by atoms with Gasteiger partial charge in [0.05, 0.1) is 15.2 Å². The van der Waals surface area contributed by atoms with E-state index in [0.29, 0.717) is 22.9 Å². The molecule has 0 radical (unpaired) electrons. The molecular weight excluding hydrogens is 379 g/mol. The van der Waals surface area contributed by atoms with Gasteiger partial charge in [-0.3, -0.25) is 0 Å². The molecule has 1 heterocycles. The molecule has 7 heteroatoms. The molecule has 1 saturated carbocycles. The molecule has 0 atom stereocenters. The van der Waals surface area contributed by atoms with E-state index in [2.05, 4.69) is 26.2 Å². The Morgan fingerprint density at radius 3 is 3.05 bits per heavy atom. The Bertz CT molecular complexity index is 648. The molecule has 3 nitrogen and oxygen atoms in total. The lowest BCUT2D eigenvalue weighted by Crippen LogP contribution is -2.15. The van der Waals surface area contributed by atoms with Gasteiger partial charge in [0, 0.05) is 24.0 Å². The predicted octanol–water partition coefficient (Wildman–Crippen LogP) is 4.53. The SMILES string of the molecule is Fc1cc(OCc2csc(CNC3CC3)n2)c(Br)cc1Cl. The predicted molar refractivity (Wildman–Crippen MR) is 85.4 cm³/mol. The van der Waals surface area contributed by atoms with Crippen molar-refractivity contribution in [2.24, 2.45) is 0 Å². The zero-order valence-electron chi connectivity index (χ0n) is 11.0. The minimum Gasteiger partial charge on any atom is -0.486 e. The maximum Gasteiger partial charge on any atom is 0.145 e. The molecule has 112 valence electrons. The van der Waals surface area contributed by atoms with E-state index in [0.717, 1.165) is 17.2 Å². The van der Waals surface area contributed by atoms with Crippen molar-refractivity contribution in [2.45, 2.75) is 32.0 Å². The largest absolute Gasteiger partial charge is 0.486 e. The first-order chi connectivity index (χ1) is 10.1. The van der Waals surface area contributed by atoms with E-state index >= 15 is 0 Å². The first-order valence-corrected chi connectivity index (χ1v) is 8.61. The third kappa shape index (κ3) is 4.16. The molecule has 1 N–H and O–H groups in total. The van der Waals surface area contributed by atoms with Gasteiger partial charge in [-0.25, -0.2) is 9.37 Å². The van der Waals surface area contributed by atoms with Crippen molar-refractivity contribution in [3.05, 3.63) is 43.5 Å². The van der Waals surface area contributed by atoms with E-state index < -0.39 is 5.82 Å². The third-order valence-electron chi connectivity index (χ3n) is 3.07. The highest BCUT2D eigenvalue weighted by atomic mass is 79.9. The number of benzene rings is 1. The summed E-state index contributed by atoms with van der Waals surface area (Å²) in [5, 5.41) is 6.49. The number of hydrogen-bond donors (Lipinski definition) is 1. The lowest BCUT2D eigenvalue weighted by Gasteiger charge is -2.07. The van der Waals surface area contributed by atoms with E-state index in [-0.39, 0.29) is 5.02 Å². The molecule has 1 aromatic heterocycles. The smallest absolute Gasteiger partial charge is 0.145 e. The summed E-state index contributed by atoms with van der Waals surface area (Å²) in [5.41, 5.74) is 0.842. The minimum absolute atomic E-state index is 0.0660. The van der Waals surface area contributed by atoms with Gasteiger partial charge < -0.3 is 10.1 Å². The van der Waals surface area contributed by atoms with Crippen LogP contribution in [0.1, 0.15) is 23.5 Å². The second-order valence-electron chi connectivity index (χ2n) is 4.87. The fourth-order valence-corrected chi connectivity index (χ4v) is 3.26. The van der Waals surface area contributed by atoms with Crippen LogP contribution in [0.5, 0.6) is 5.75 Å². The Morgan fingerprint density at radius 1 is 1.48 bits per heavy atom. The summed E-state index contributed by atoms with van der Waals surface area (Å²) in [6.07, 6.45) is 2.52. The quantitative estimate of drug-likeness (QED) is 0.735. The summed E-state index contributed by atoms with van der Waals surface area (Å²) < 4.78 is 19.6. The minimum atomic E-state index is -0.498. The monoisotopic (exact) mass is 390 g/mol. The van der Waals surface area contributed by atoms with Crippen LogP contribution >= 0.6 is 38.9 Å². The molecule has 3 rings (SSSR count). The number of aromatic nitrogens is 1. The van der Waals surface area contributed by atoms with E-state index in [1.807, 2.05) is 5.38 Å². The van der Waals surface area contributed by atoms with Crippen LogP contribution in [-0.4, -0.2) is 11.0 Å². The van der Waals surface area contributed by atoms with Crippen LogP contribution in [0.2, 0.25) is 5.02 Å². The van der Waals surface area contributed by atoms with E-state index in [1.54, 1.807) is 11.3 Å². The van der Waals surface area contributed by atoms with Crippen LogP contribution in [0.4, 0.5) is 4.39 Å². The second kappa shape index (κ2) is 6.60. The van der Waals surface area contributed by atoms with Gasteiger partial charge in [0.25, 0.3) is 0 Å². The molecule has 1 aliphatic carbocycles. The fraction of sp³-hybridized carbons (Fsp3) is 0.357. The van der Waals surface area contributed by atoms with Gasteiger partial charge in [-0.15, -0.1) is 11.3 Å². The van der Waals surface area contributed by atoms with E-state index in [1.165, 1.54) is 25.0 Å². The van der Waals surface area contributed by atoms with Gasteiger partial charge in [0.15, 0.2) is 0 Å². The van der Waals surface area contributed by atoms with Crippen molar-refractivity contribution in [3.8, 4) is 5.75 Å². The summed E-state index contributed by atoms with van der Waals surface area (Å²) in [6.45, 7) is 1.11. The number of nitrogens with one attached hydrogen (secondary N) is 1. The number of halogens is 3. The first kappa shape index (κ1) is 15.2. The van der Waals surface area contributed by atoms with Crippen LogP contribution in [-0.2, 0) is 13.2 Å². The Morgan fingerprint density at radius 2 is 2.29 bits per heavy atom. The first-order valence-electron chi connectivity index (χ1n) is 6.56. The number of ether oxygens (including phenoxy) is 1. The van der Waals surface area contributed by atoms with Gasteiger partial charge >= 0.3 is 0 Å². The number of hydrogen-bond acceptors (Lipinski definition) is 4. The summed E-state index contributed by atoms with van der Waals surface area (Å²) in [5.74, 6) is -0.0787. The number of thiazole rings is 1. The average Bonchev–Trinajstić information content (AvgIpc) is 3.18. The average molecular weight is 392 g/mol. The fourth-order valence-electron chi connectivity index (χ4n) is 1.78. The molecule has 0 aliphatic heterocycles. The molecule has 2 aromatic rings. The maximum absolute atomic E-state index is 13.4. The third-order valence-corrected chi connectivity index (χ3v) is 4.88. The van der Waals surface area contributed by atoms with Gasteiger partial charge in [-0.2, -0.15) is 0 Å². The van der Waals surface area contributed by atoms with Crippen LogP contribution in [0.25, 0.3) is 0 Å². The van der Waals surface area contributed by atoms with Gasteiger partial charge in [0.2, 0.25) is 0 Å². The maximum atomic E-state index is 13.4. The van der Waals surface area contributed by atoms with Crippen LogP contribution in [0, 0.1) is 5.82 Å². The van der Waals surface area contributed by atoms with Crippen molar-refractivity contribution in [3.63, 3.8) is 0 Å². The Balaban J connectivity index is 1.58. The molecule has 1 aromatic carbocycles. The van der Waals surface area contributed by atoms with Crippen molar-refractivity contribution >= 4 is 38.9 Å². The Hall–Kier alpha value is -0.690. The molecule has 1 fully saturated rings. The van der Waals surface area contributed by atoms with Crippen LogP contribution in [0.15, 0.2) is 22.0 Å². The number of nitrogens with zero attached hydrogens (tertiary/aromatic N) is 1. The topological polar surface area (TPSA) is 34.1 Å². The van der Waals surface area contributed by atoms with Gasteiger partial charge in [-0.1, -0.05) is 11.6 Å². The van der Waals surface area contributed by atoms with Crippen LogP contribution < -0.4 is 10.1 Å². The van der Waals surface area contributed by atoms with E-state index in [4.69, 9.17) is 16.3 Å². The number of rotatable bonds is 6. The molecule has 0 saturated heterocycles. The van der Waals surface area contributed by atoms with E-state index in [9.17, 15) is 4.39 Å². The summed E-state index contributed by atoms with van der Waals surface area (Å²) in [4.78, 5) is 4.49. The van der Waals surface area contributed by atoms with Gasteiger partial charge in [0.1, 0.15) is 23.2 Å². The normalized spacial score (nSPS) is 14.4. The highest BCUT2D eigenvalue weighted by molar-refractivity contribution is 9.10. The molecule has 0 spiro atoms. The summed E-state index contributed by atoms with van der Waals surface area (Å²) in [6, 6.07) is 3.42.